The largest absolute Gasteiger partial charge is 0.456 e. The highest BCUT2D eigenvalue weighted by Gasteiger charge is 2.67. The van der Waals surface area contributed by atoms with Crippen LogP contribution in [0.1, 0.15) is 85.0 Å². The van der Waals surface area contributed by atoms with Gasteiger partial charge in [-0.1, -0.05) is 12.8 Å². The van der Waals surface area contributed by atoms with Crippen molar-refractivity contribution in [3.63, 3.8) is 0 Å². The van der Waals surface area contributed by atoms with Gasteiger partial charge in [0.1, 0.15) is 30.5 Å². The molecule has 3 aliphatic carbocycles. The van der Waals surface area contributed by atoms with Crippen molar-refractivity contribution >= 4 is 5.97 Å². The quantitative estimate of drug-likeness (QED) is 0.647. The van der Waals surface area contributed by atoms with Crippen molar-refractivity contribution in [2.24, 2.45) is 5.41 Å². The Morgan fingerprint density at radius 2 is 1.20 bits per heavy atom. The lowest BCUT2D eigenvalue weighted by Gasteiger charge is -2.40. The van der Waals surface area contributed by atoms with Gasteiger partial charge in [0.2, 0.25) is 0 Å². The minimum absolute atomic E-state index is 0.358. The lowest BCUT2D eigenvalue weighted by atomic mass is 9.84. The zero-order valence-electron chi connectivity index (χ0n) is 18.4. The molecule has 6 atom stereocenters. The van der Waals surface area contributed by atoms with Gasteiger partial charge in [-0.15, -0.1) is 0 Å². The highest BCUT2D eigenvalue weighted by atomic mass is 16.8. The van der Waals surface area contributed by atoms with Gasteiger partial charge in [-0.25, -0.2) is 0 Å². The molecule has 170 valence electrons. The minimum atomic E-state index is -1.01. The van der Waals surface area contributed by atoms with Gasteiger partial charge < -0.3 is 28.8 Å². The van der Waals surface area contributed by atoms with Gasteiger partial charge in [-0.05, 0) is 46.5 Å². The maximum absolute atomic E-state index is 12.7. The second kappa shape index (κ2) is 7.41. The van der Waals surface area contributed by atoms with Crippen LogP contribution >= 0.6 is 0 Å². The molecule has 0 amide bonds. The molecule has 0 unspecified atom stereocenters. The Labute approximate surface area is 178 Å². The Morgan fingerprint density at radius 1 is 0.767 bits per heavy atom. The van der Waals surface area contributed by atoms with Gasteiger partial charge in [0, 0.05) is 25.7 Å². The van der Waals surface area contributed by atoms with Crippen LogP contribution in [-0.2, 0) is 28.5 Å². The summed E-state index contributed by atoms with van der Waals surface area (Å²) in [6, 6.07) is 0. The van der Waals surface area contributed by atoms with Crippen LogP contribution in [0.15, 0.2) is 0 Å². The number of aliphatic hydroxyl groups excluding tert-OH is 1. The molecule has 2 saturated heterocycles. The summed E-state index contributed by atoms with van der Waals surface area (Å²) in [4.78, 5) is 12.7. The number of carbonyl (C=O) groups is 1. The number of esters is 1. The number of fused-ring (bicyclic) bond motifs is 3. The molecule has 0 aromatic rings. The average Bonchev–Trinajstić information content (AvgIpc) is 3.25. The molecule has 3 saturated carbocycles. The molecule has 5 aliphatic rings. The van der Waals surface area contributed by atoms with Gasteiger partial charge in [0.05, 0.1) is 5.41 Å². The van der Waals surface area contributed by atoms with Crippen molar-refractivity contribution in [2.45, 2.75) is 133 Å². The van der Waals surface area contributed by atoms with E-state index in [1.807, 2.05) is 20.8 Å². The van der Waals surface area contributed by atoms with E-state index >= 15 is 0 Å². The topological polar surface area (TPSA) is 83.5 Å². The summed E-state index contributed by atoms with van der Waals surface area (Å²) in [5, 5.41) is 11.3. The van der Waals surface area contributed by atoms with E-state index in [0.29, 0.717) is 0 Å². The fraction of sp³-hybridized carbons (Fsp3) is 0.957. The molecule has 0 bridgehead atoms. The van der Waals surface area contributed by atoms with Crippen molar-refractivity contribution in [1.29, 1.82) is 0 Å². The highest BCUT2D eigenvalue weighted by Crippen LogP contribution is 2.52. The first-order valence-corrected chi connectivity index (χ1v) is 11.8. The van der Waals surface area contributed by atoms with Gasteiger partial charge >= 0.3 is 5.97 Å². The van der Waals surface area contributed by atoms with Crippen LogP contribution in [0.5, 0.6) is 0 Å². The predicted molar refractivity (Wildman–Crippen MR) is 106 cm³/mol. The first kappa shape index (κ1) is 21.1. The Balaban J connectivity index is 1.45. The Hall–Kier alpha value is -0.730. The lowest BCUT2D eigenvalue weighted by Crippen LogP contribution is -2.63. The molecular weight excluding hydrogens is 388 g/mol. The Kier molecular flexibility index (Phi) is 5.22. The lowest BCUT2D eigenvalue weighted by molar-refractivity contribution is -0.227. The minimum Gasteiger partial charge on any atom is -0.456 e. The molecule has 5 rings (SSSR count). The molecular formula is C23H36O7. The smallest absolute Gasteiger partial charge is 0.311 e. The van der Waals surface area contributed by atoms with Crippen LogP contribution in [0.3, 0.4) is 0 Å². The third-order valence-corrected chi connectivity index (χ3v) is 7.46. The van der Waals surface area contributed by atoms with Gasteiger partial charge in [0.25, 0.3) is 0 Å². The van der Waals surface area contributed by atoms with E-state index in [4.69, 9.17) is 23.7 Å². The average molecular weight is 425 g/mol. The van der Waals surface area contributed by atoms with Crippen LogP contribution in [0.4, 0.5) is 0 Å². The molecule has 2 spiro atoms. The van der Waals surface area contributed by atoms with Crippen LogP contribution in [0.25, 0.3) is 0 Å². The molecule has 7 heteroatoms. The van der Waals surface area contributed by atoms with E-state index < -0.39 is 53.6 Å². The Morgan fingerprint density at radius 3 is 1.70 bits per heavy atom. The molecule has 1 N–H and O–H groups in total. The predicted octanol–water partition coefficient (Wildman–Crippen LogP) is 3.21. The number of rotatable bonds is 1. The summed E-state index contributed by atoms with van der Waals surface area (Å²) in [6.45, 7) is 5.43. The summed E-state index contributed by atoms with van der Waals surface area (Å²) in [6.07, 6.45) is 6.04. The summed E-state index contributed by atoms with van der Waals surface area (Å²) in [5.41, 5.74) is -0.675. The standard InChI is InChI=1S/C23H36O7/c1-21(2,3)20(25)26-15-14(24)16-18(29-22(27-16)10-6-4-7-11-22)19-17(15)28-23(30-19)12-8-5-9-13-23/h14-19,24H,4-13H2,1-3H3/t14-,15-,16+,17-,18-,19-/m1/s1. The van der Waals surface area contributed by atoms with Crippen LogP contribution in [-0.4, -0.2) is 59.3 Å². The van der Waals surface area contributed by atoms with E-state index in [0.717, 1.165) is 51.4 Å². The zero-order chi connectivity index (χ0) is 21.1. The monoisotopic (exact) mass is 424 g/mol. The third kappa shape index (κ3) is 3.51. The summed E-state index contributed by atoms with van der Waals surface area (Å²) < 4.78 is 31.8. The summed E-state index contributed by atoms with van der Waals surface area (Å²) in [5.74, 6) is -1.68. The van der Waals surface area contributed by atoms with E-state index in [2.05, 4.69) is 0 Å². The van der Waals surface area contributed by atoms with Gasteiger partial charge in [0.15, 0.2) is 17.7 Å². The normalized spacial score (nSPS) is 42.1. The van der Waals surface area contributed by atoms with Crippen molar-refractivity contribution in [1.82, 2.24) is 0 Å². The van der Waals surface area contributed by atoms with E-state index in [1.54, 1.807) is 0 Å². The second-order valence-electron chi connectivity index (χ2n) is 10.9. The number of hydrogen-bond acceptors (Lipinski definition) is 7. The zero-order valence-corrected chi connectivity index (χ0v) is 18.4. The van der Waals surface area contributed by atoms with Crippen molar-refractivity contribution < 1.29 is 33.6 Å². The first-order chi connectivity index (χ1) is 14.2. The van der Waals surface area contributed by atoms with Crippen LogP contribution in [0.2, 0.25) is 0 Å². The first-order valence-electron chi connectivity index (χ1n) is 11.8. The number of ether oxygens (including phenoxy) is 5. The number of hydrogen-bond donors (Lipinski definition) is 1. The molecule has 7 nitrogen and oxygen atoms in total. The van der Waals surface area contributed by atoms with Crippen molar-refractivity contribution in [2.75, 3.05) is 0 Å². The number of carbonyl (C=O) groups excluding carboxylic acids is 1. The Bertz CT molecular complexity index is 659. The maximum atomic E-state index is 12.7. The fourth-order valence-corrected chi connectivity index (χ4v) is 5.81. The fourth-order valence-electron chi connectivity index (χ4n) is 5.81. The molecule has 5 fully saturated rings. The van der Waals surface area contributed by atoms with Crippen molar-refractivity contribution in [3.8, 4) is 0 Å². The highest BCUT2D eigenvalue weighted by molar-refractivity contribution is 5.75. The molecule has 2 heterocycles. The molecule has 0 aromatic heterocycles. The SMILES string of the molecule is CC(C)(C)C(=O)O[C@@H]1[C@@H](O)[C@@H]2OC3(CCCCC3)O[C@H]2[C@@H]2OC3(CCCCC3)O[C@@H]21. The van der Waals surface area contributed by atoms with Gasteiger partial charge in [-0.2, -0.15) is 0 Å². The van der Waals surface area contributed by atoms with E-state index in [1.165, 1.54) is 12.8 Å². The number of aliphatic hydroxyl groups is 1. The van der Waals surface area contributed by atoms with Crippen molar-refractivity contribution in [3.05, 3.63) is 0 Å². The maximum Gasteiger partial charge on any atom is 0.311 e. The molecule has 0 aromatic carbocycles. The second-order valence-corrected chi connectivity index (χ2v) is 10.9. The molecule has 2 aliphatic heterocycles. The van der Waals surface area contributed by atoms with Gasteiger partial charge in [-0.3, -0.25) is 4.79 Å². The van der Waals surface area contributed by atoms with Crippen LogP contribution in [0, 0.1) is 5.41 Å². The third-order valence-electron chi connectivity index (χ3n) is 7.46. The summed E-state index contributed by atoms with van der Waals surface area (Å²) in [7, 11) is 0. The molecule has 0 radical (unpaired) electrons. The van der Waals surface area contributed by atoms with E-state index in [9.17, 15) is 9.90 Å². The molecule has 30 heavy (non-hydrogen) atoms. The van der Waals surface area contributed by atoms with E-state index in [-0.39, 0.29) is 5.97 Å². The van der Waals surface area contributed by atoms with Crippen LogP contribution < -0.4 is 0 Å². The summed E-state index contributed by atoms with van der Waals surface area (Å²) >= 11 is 0.